The van der Waals surface area contributed by atoms with Crippen molar-refractivity contribution in [2.45, 2.75) is 45.6 Å². The van der Waals surface area contributed by atoms with Crippen molar-refractivity contribution in [1.29, 1.82) is 0 Å². The van der Waals surface area contributed by atoms with Crippen molar-refractivity contribution in [3.05, 3.63) is 63.1 Å². The summed E-state index contributed by atoms with van der Waals surface area (Å²) in [6.45, 7) is 5.81. The number of aryl methyl sites for hydroxylation is 1. The number of aromatic nitrogens is 2. The number of nitrogens with zero attached hydrogens (tertiary/aromatic N) is 2. The van der Waals surface area contributed by atoms with Gasteiger partial charge in [0.2, 0.25) is 5.89 Å². The lowest BCUT2D eigenvalue weighted by Gasteiger charge is -2.18. The molecule has 1 unspecified atom stereocenters. The van der Waals surface area contributed by atoms with E-state index in [4.69, 9.17) is 16.1 Å². The molecule has 162 valence electrons. The lowest BCUT2D eigenvalue weighted by atomic mass is 10.0. The van der Waals surface area contributed by atoms with Crippen LogP contribution in [0.2, 0.25) is 5.02 Å². The fourth-order valence-corrected chi connectivity index (χ4v) is 4.39. The maximum absolute atomic E-state index is 13.0. The van der Waals surface area contributed by atoms with Crippen molar-refractivity contribution in [2.75, 3.05) is 5.32 Å². The van der Waals surface area contributed by atoms with Gasteiger partial charge in [0.05, 0.1) is 20.5 Å². The second-order valence-electron chi connectivity index (χ2n) is 8.02. The Kier molecular flexibility index (Phi) is 6.11. The first-order valence-electron chi connectivity index (χ1n) is 10.1. The van der Waals surface area contributed by atoms with Crippen LogP contribution in [0.4, 0.5) is 5.00 Å². The number of nitrogens with one attached hydrogen (secondary N) is 2. The molecule has 1 saturated carbocycles. The molecule has 1 aliphatic rings. The van der Waals surface area contributed by atoms with Crippen LogP contribution < -0.4 is 10.6 Å². The van der Waals surface area contributed by atoms with E-state index in [9.17, 15) is 9.59 Å². The molecule has 2 amide bonds. The third-order valence-electron chi connectivity index (χ3n) is 5.10. The second kappa shape index (κ2) is 8.80. The first-order valence-corrected chi connectivity index (χ1v) is 11.3. The molecule has 2 heterocycles. The van der Waals surface area contributed by atoms with E-state index < -0.39 is 6.04 Å². The lowest BCUT2D eigenvalue weighted by molar-refractivity contribution is 0.0917. The molecule has 31 heavy (non-hydrogen) atoms. The molecule has 0 spiro atoms. The van der Waals surface area contributed by atoms with Gasteiger partial charge in [0.25, 0.3) is 11.8 Å². The summed E-state index contributed by atoms with van der Waals surface area (Å²) in [5.41, 5.74) is 1.15. The summed E-state index contributed by atoms with van der Waals surface area (Å²) in [7, 11) is 0. The van der Waals surface area contributed by atoms with Gasteiger partial charge in [-0.3, -0.25) is 9.59 Å². The SMILES string of the molecule is Cc1cc(NC(=O)c2ccccc2Cl)sc1C(=O)NC(c1nc(C2CC2)no1)C(C)C. The van der Waals surface area contributed by atoms with Gasteiger partial charge in [0.15, 0.2) is 5.82 Å². The summed E-state index contributed by atoms with van der Waals surface area (Å²) in [6.07, 6.45) is 2.16. The van der Waals surface area contributed by atoms with E-state index in [1.165, 1.54) is 11.3 Å². The number of carbonyl (C=O) groups is 2. The maximum atomic E-state index is 13.0. The minimum atomic E-state index is -0.393. The van der Waals surface area contributed by atoms with Gasteiger partial charge in [-0.25, -0.2) is 0 Å². The van der Waals surface area contributed by atoms with Crippen LogP contribution in [-0.4, -0.2) is 22.0 Å². The largest absolute Gasteiger partial charge is 0.339 e. The number of amides is 2. The number of thiophene rings is 1. The predicted octanol–water partition coefficient (Wildman–Crippen LogP) is 5.35. The summed E-state index contributed by atoms with van der Waals surface area (Å²) in [4.78, 5) is 30.5. The topological polar surface area (TPSA) is 97.1 Å². The number of hydrogen-bond donors (Lipinski definition) is 2. The molecule has 1 fully saturated rings. The summed E-state index contributed by atoms with van der Waals surface area (Å²) in [6, 6.07) is 8.20. The first-order chi connectivity index (χ1) is 14.8. The van der Waals surface area contributed by atoms with Crippen molar-refractivity contribution in [2.24, 2.45) is 5.92 Å². The number of hydrogen-bond acceptors (Lipinski definition) is 6. The van der Waals surface area contributed by atoms with E-state index in [-0.39, 0.29) is 17.7 Å². The Hall–Kier alpha value is -2.71. The third-order valence-corrected chi connectivity index (χ3v) is 6.58. The Morgan fingerprint density at radius 3 is 2.65 bits per heavy atom. The van der Waals surface area contributed by atoms with Crippen LogP contribution in [0.1, 0.15) is 76.0 Å². The summed E-state index contributed by atoms with van der Waals surface area (Å²) < 4.78 is 5.43. The molecule has 0 aliphatic heterocycles. The Bertz CT molecular complexity index is 1120. The van der Waals surface area contributed by atoms with Crippen LogP contribution in [0.15, 0.2) is 34.9 Å². The molecular formula is C22H23ClN4O3S. The Morgan fingerprint density at radius 1 is 1.23 bits per heavy atom. The summed E-state index contributed by atoms with van der Waals surface area (Å²) >= 11 is 7.31. The maximum Gasteiger partial charge on any atom is 0.262 e. The minimum absolute atomic E-state index is 0.0658. The van der Waals surface area contributed by atoms with Gasteiger partial charge in [-0.2, -0.15) is 4.98 Å². The van der Waals surface area contributed by atoms with E-state index in [0.29, 0.717) is 38.1 Å². The highest BCUT2D eigenvalue weighted by Crippen LogP contribution is 2.39. The van der Waals surface area contributed by atoms with Gasteiger partial charge in [-0.05, 0) is 49.4 Å². The molecule has 0 bridgehead atoms. The number of anilines is 1. The van der Waals surface area contributed by atoms with E-state index >= 15 is 0 Å². The van der Waals surface area contributed by atoms with Crippen LogP contribution in [-0.2, 0) is 0 Å². The van der Waals surface area contributed by atoms with E-state index in [1.54, 1.807) is 30.3 Å². The van der Waals surface area contributed by atoms with E-state index in [1.807, 2.05) is 20.8 Å². The smallest absolute Gasteiger partial charge is 0.262 e. The van der Waals surface area contributed by atoms with Gasteiger partial charge in [-0.1, -0.05) is 42.7 Å². The average molecular weight is 459 g/mol. The molecule has 7 nitrogen and oxygen atoms in total. The number of benzene rings is 1. The molecule has 4 rings (SSSR count). The zero-order valence-electron chi connectivity index (χ0n) is 17.4. The van der Waals surface area contributed by atoms with Crippen molar-refractivity contribution in [3.8, 4) is 0 Å². The molecule has 2 N–H and O–H groups in total. The second-order valence-corrected chi connectivity index (χ2v) is 9.48. The van der Waals surface area contributed by atoms with Crippen LogP contribution in [0.3, 0.4) is 0 Å². The predicted molar refractivity (Wildman–Crippen MR) is 120 cm³/mol. The van der Waals surface area contributed by atoms with Gasteiger partial charge < -0.3 is 15.2 Å². The van der Waals surface area contributed by atoms with Crippen LogP contribution in [0, 0.1) is 12.8 Å². The molecule has 0 saturated heterocycles. The molecule has 9 heteroatoms. The van der Waals surface area contributed by atoms with Crippen LogP contribution in [0.25, 0.3) is 0 Å². The number of rotatable bonds is 7. The van der Waals surface area contributed by atoms with E-state index in [0.717, 1.165) is 18.4 Å². The van der Waals surface area contributed by atoms with Crippen molar-refractivity contribution >= 4 is 39.8 Å². The van der Waals surface area contributed by atoms with Gasteiger partial charge >= 0.3 is 0 Å². The van der Waals surface area contributed by atoms with Gasteiger partial charge in [0, 0.05) is 5.92 Å². The Labute approximate surface area is 189 Å². The molecular weight excluding hydrogens is 436 g/mol. The normalized spacial score (nSPS) is 14.5. The average Bonchev–Trinajstić information content (AvgIpc) is 3.35. The number of halogens is 1. The lowest BCUT2D eigenvalue weighted by Crippen LogP contribution is -2.31. The summed E-state index contributed by atoms with van der Waals surface area (Å²) in [5.74, 6) is 1.02. The third kappa shape index (κ3) is 4.80. The molecule has 1 aromatic carbocycles. The standard InChI is InChI=1S/C22H23ClN4O3S/c1-11(2)17(22-26-19(27-30-22)13-8-9-13)25-21(29)18-12(3)10-16(31-18)24-20(28)14-6-4-5-7-15(14)23/h4-7,10-11,13,17H,8-9H2,1-3H3,(H,24,28)(H,25,29). The van der Waals surface area contributed by atoms with Crippen molar-refractivity contribution in [1.82, 2.24) is 15.5 Å². The molecule has 1 aliphatic carbocycles. The summed E-state index contributed by atoms with van der Waals surface area (Å²) in [5, 5.41) is 10.8. The van der Waals surface area contributed by atoms with Crippen LogP contribution in [0.5, 0.6) is 0 Å². The zero-order valence-corrected chi connectivity index (χ0v) is 19.0. The number of carbonyl (C=O) groups excluding carboxylic acids is 2. The van der Waals surface area contributed by atoms with Crippen molar-refractivity contribution < 1.29 is 14.1 Å². The highest BCUT2D eigenvalue weighted by atomic mass is 35.5. The highest BCUT2D eigenvalue weighted by molar-refractivity contribution is 7.18. The minimum Gasteiger partial charge on any atom is -0.339 e. The van der Waals surface area contributed by atoms with Crippen LogP contribution >= 0.6 is 22.9 Å². The molecule has 2 aromatic heterocycles. The Morgan fingerprint density at radius 2 is 1.97 bits per heavy atom. The zero-order chi connectivity index (χ0) is 22.1. The molecule has 0 radical (unpaired) electrons. The first kappa shape index (κ1) is 21.5. The molecule has 1 atom stereocenters. The quantitative estimate of drug-likeness (QED) is 0.497. The van der Waals surface area contributed by atoms with Gasteiger partial charge in [-0.15, -0.1) is 11.3 Å². The fourth-order valence-electron chi connectivity index (χ4n) is 3.19. The monoisotopic (exact) mass is 458 g/mol. The van der Waals surface area contributed by atoms with Gasteiger partial charge in [0.1, 0.15) is 6.04 Å². The fraction of sp³-hybridized carbons (Fsp3) is 0.364. The highest BCUT2D eigenvalue weighted by Gasteiger charge is 2.32. The molecule has 3 aromatic rings. The van der Waals surface area contributed by atoms with E-state index in [2.05, 4.69) is 20.8 Å². The Balaban J connectivity index is 1.48. The van der Waals surface area contributed by atoms with Crippen molar-refractivity contribution in [3.63, 3.8) is 0 Å².